The molecule has 2 heteroatoms. The summed E-state index contributed by atoms with van der Waals surface area (Å²) in [4.78, 5) is 0. The van der Waals surface area contributed by atoms with Crippen molar-refractivity contribution in [2.45, 2.75) is 84.4 Å². The lowest BCUT2D eigenvalue weighted by Gasteiger charge is -2.52. The molecule has 1 fully saturated rings. The Morgan fingerprint density at radius 2 is 1.46 bits per heavy atom. The molecule has 0 aromatic rings. The fourth-order valence-corrected chi connectivity index (χ4v) is 5.27. The van der Waals surface area contributed by atoms with E-state index < -0.39 is 8.32 Å². The molecule has 0 heterocycles. The van der Waals surface area contributed by atoms with E-state index in [1.54, 1.807) is 0 Å². The van der Waals surface area contributed by atoms with Crippen LogP contribution in [0, 0.1) is 23.7 Å². The van der Waals surface area contributed by atoms with E-state index in [0.717, 1.165) is 30.3 Å². The highest BCUT2D eigenvalue weighted by atomic mass is 28.4. The van der Waals surface area contributed by atoms with E-state index in [9.17, 15) is 0 Å². The molecular formula is C22H40OSi. The SMILES string of the molecule is CCCCCC[C@@H]1[C@H]2C=CC=C[C@H]2[C@H]1CCO[Si](C)(C)C(C)(C)C. The normalized spacial score (nSPS) is 29.4. The van der Waals surface area contributed by atoms with Crippen LogP contribution in [0.25, 0.3) is 0 Å². The lowest BCUT2D eigenvalue weighted by Crippen LogP contribution is -2.47. The molecule has 0 aromatic carbocycles. The molecule has 0 bridgehead atoms. The Morgan fingerprint density at radius 3 is 2.00 bits per heavy atom. The van der Waals surface area contributed by atoms with Crippen molar-refractivity contribution < 1.29 is 4.43 Å². The minimum absolute atomic E-state index is 0.322. The minimum atomic E-state index is -1.59. The van der Waals surface area contributed by atoms with Crippen molar-refractivity contribution in [2.24, 2.45) is 23.7 Å². The first-order valence-corrected chi connectivity index (χ1v) is 13.2. The van der Waals surface area contributed by atoms with Crippen LogP contribution in [0.2, 0.25) is 18.1 Å². The Labute approximate surface area is 152 Å². The van der Waals surface area contributed by atoms with Gasteiger partial charge in [0.1, 0.15) is 0 Å². The summed E-state index contributed by atoms with van der Waals surface area (Å²) < 4.78 is 6.47. The number of fused-ring (bicyclic) bond motifs is 1. The Kier molecular flexibility index (Phi) is 6.96. The summed E-state index contributed by atoms with van der Waals surface area (Å²) in [5.74, 6) is 3.35. The molecule has 138 valence electrons. The highest BCUT2D eigenvalue weighted by Crippen LogP contribution is 2.53. The van der Waals surface area contributed by atoms with Gasteiger partial charge < -0.3 is 4.43 Å². The first kappa shape index (κ1) is 20.0. The maximum atomic E-state index is 6.47. The second-order valence-corrected chi connectivity index (χ2v) is 14.3. The summed E-state index contributed by atoms with van der Waals surface area (Å²) in [6.07, 6.45) is 17.7. The lowest BCUT2D eigenvalue weighted by molar-refractivity contribution is 0.0153. The predicted octanol–water partition coefficient (Wildman–Crippen LogP) is 6.97. The number of unbranched alkanes of at least 4 members (excludes halogenated alkanes) is 3. The van der Waals surface area contributed by atoms with Gasteiger partial charge >= 0.3 is 0 Å². The summed E-state index contributed by atoms with van der Waals surface area (Å²) in [6, 6.07) is 0. The quantitative estimate of drug-likeness (QED) is 0.323. The van der Waals surface area contributed by atoms with Gasteiger partial charge in [-0.25, -0.2) is 0 Å². The molecule has 2 aliphatic carbocycles. The van der Waals surface area contributed by atoms with Crippen LogP contribution < -0.4 is 0 Å². The molecule has 0 radical (unpaired) electrons. The Balaban J connectivity index is 1.84. The lowest BCUT2D eigenvalue weighted by atomic mass is 9.53. The fourth-order valence-electron chi connectivity index (χ4n) is 4.21. The molecule has 2 rings (SSSR count). The van der Waals surface area contributed by atoms with E-state index in [2.05, 4.69) is 65.1 Å². The largest absolute Gasteiger partial charge is 0.417 e. The molecule has 0 amide bonds. The van der Waals surface area contributed by atoms with Crippen molar-refractivity contribution in [1.82, 2.24) is 0 Å². The summed E-state index contributed by atoms with van der Waals surface area (Å²) in [7, 11) is -1.59. The molecule has 0 aromatic heterocycles. The number of allylic oxidation sites excluding steroid dienone is 4. The molecule has 2 aliphatic rings. The molecule has 0 N–H and O–H groups in total. The maximum Gasteiger partial charge on any atom is 0.191 e. The van der Waals surface area contributed by atoms with Crippen molar-refractivity contribution >= 4 is 8.32 Å². The number of rotatable bonds is 9. The van der Waals surface area contributed by atoms with E-state index in [4.69, 9.17) is 4.43 Å². The molecule has 4 atom stereocenters. The van der Waals surface area contributed by atoms with E-state index >= 15 is 0 Å². The van der Waals surface area contributed by atoms with Gasteiger partial charge in [-0.05, 0) is 54.6 Å². The molecule has 0 saturated heterocycles. The average Bonchev–Trinajstić information content (AvgIpc) is 2.50. The first-order valence-electron chi connectivity index (χ1n) is 10.3. The van der Waals surface area contributed by atoms with Crippen LogP contribution in [0.15, 0.2) is 24.3 Å². The standard InChI is InChI=1S/C22H40OSi/c1-7-8-9-10-13-19-18-14-11-12-15-20(18)21(19)16-17-23-24(5,6)22(2,3)4/h11-12,14-15,18-21H,7-10,13,16-17H2,1-6H3/t18-,19-,20-,21+/m1/s1. The van der Waals surface area contributed by atoms with Gasteiger partial charge in [0.15, 0.2) is 8.32 Å². The molecule has 1 saturated carbocycles. The summed E-state index contributed by atoms with van der Waals surface area (Å²) in [5.41, 5.74) is 0. The van der Waals surface area contributed by atoms with Gasteiger partial charge in [-0.1, -0.05) is 77.7 Å². The van der Waals surface area contributed by atoms with Crippen molar-refractivity contribution in [2.75, 3.05) is 6.61 Å². The average molecular weight is 349 g/mol. The second-order valence-electron chi connectivity index (χ2n) is 9.50. The number of hydrogen-bond acceptors (Lipinski definition) is 1. The van der Waals surface area contributed by atoms with E-state index in [1.807, 2.05) is 0 Å². The maximum absolute atomic E-state index is 6.47. The zero-order valence-corrected chi connectivity index (χ0v) is 18.0. The van der Waals surface area contributed by atoms with Crippen LogP contribution in [0.4, 0.5) is 0 Å². The zero-order chi connectivity index (χ0) is 17.8. The second kappa shape index (κ2) is 8.36. The molecule has 0 aliphatic heterocycles. The van der Waals surface area contributed by atoms with Crippen LogP contribution >= 0.6 is 0 Å². The van der Waals surface area contributed by atoms with Gasteiger partial charge in [-0.2, -0.15) is 0 Å². The predicted molar refractivity (Wildman–Crippen MR) is 109 cm³/mol. The third kappa shape index (κ3) is 4.63. The topological polar surface area (TPSA) is 9.23 Å². The van der Waals surface area contributed by atoms with Crippen LogP contribution in [-0.4, -0.2) is 14.9 Å². The van der Waals surface area contributed by atoms with Crippen LogP contribution in [-0.2, 0) is 4.43 Å². The van der Waals surface area contributed by atoms with Crippen molar-refractivity contribution in [1.29, 1.82) is 0 Å². The van der Waals surface area contributed by atoms with Gasteiger partial charge in [0.25, 0.3) is 0 Å². The van der Waals surface area contributed by atoms with Gasteiger partial charge in [0.05, 0.1) is 0 Å². The van der Waals surface area contributed by atoms with Gasteiger partial charge in [-0.15, -0.1) is 0 Å². The smallest absolute Gasteiger partial charge is 0.191 e. The van der Waals surface area contributed by atoms with Crippen molar-refractivity contribution in [3.63, 3.8) is 0 Å². The zero-order valence-electron chi connectivity index (χ0n) is 17.0. The highest BCUT2D eigenvalue weighted by Gasteiger charge is 2.47. The Morgan fingerprint density at radius 1 is 0.875 bits per heavy atom. The molecule has 24 heavy (non-hydrogen) atoms. The molecule has 1 nitrogen and oxygen atoms in total. The van der Waals surface area contributed by atoms with Gasteiger partial charge in [0.2, 0.25) is 0 Å². The van der Waals surface area contributed by atoms with Crippen LogP contribution in [0.3, 0.4) is 0 Å². The number of hydrogen-bond donors (Lipinski definition) is 0. The Hall–Kier alpha value is -0.343. The van der Waals surface area contributed by atoms with Crippen molar-refractivity contribution in [3.05, 3.63) is 24.3 Å². The Bertz CT molecular complexity index is 443. The minimum Gasteiger partial charge on any atom is -0.417 e. The highest BCUT2D eigenvalue weighted by molar-refractivity contribution is 6.74. The first-order chi connectivity index (χ1) is 11.3. The third-order valence-electron chi connectivity index (χ3n) is 6.87. The van der Waals surface area contributed by atoms with Gasteiger partial charge in [0, 0.05) is 6.61 Å². The molecule has 0 unspecified atom stereocenters. The van der Waals surface area contributed by atoms with Crippen molar-refractivity contribution in [3.8, 4) is 0 Å². The monoisotopic (exact) mass is 348 g/mol. The van der Waals surface area contributed by atoms with Crippen LogP contribution in [0.1, 0.15) is 66.2 Å². The fraction of sp³-hybridized carbons (Fsp3) is 0.818. The summed E-state index contributed by atoms with van der Waals surface area (Å²) >= 11 is 0. The van der Waals surface area contributed by atoms with Crippen LogP contribution in [0.5, 0.6) is 0 Å². The van der Waals surface area contributed by atoms with Gasteiger partial charge in [-0.3, -0.25) is 0 Å². The van der Waals surface area contributed by atoms with E-state index in [1.165, 1.54) is 38.5 Å². The molecule has 0 spiro atoms. The summed E-state index contributed by atoms with van der Waals surface area (Å²) in [6.45, 7) is 15.0. The van der Waals surface area contributed by atoms with E-state index in [0.29, 0.717) is 5.04 Å². The van der Waals surface area contributed by atoms with E-state index in [-0.39, 0.29) is 0 Å². The molecular weight excluding hydrogens is 308 g/mol. The third-order valence-corrected chi connectivity index (χ3v) is 11.4. The summed E-state index contributed by atoms with van der Waals surface area (Å²) in [5, 5.41) is 0.322.